The Kier molecular flexibility index (Phi) is 5.34. The van der Waals surface area contributed by atoms with Gasteiger partial charge in [0.15, 0.2) is 15.0 Å². The quantitative estimate of drug-likeness (QED) is 0.806. The highest BCUT2D eigenvalue weighted by Gasteiger charge is 2.19. The minimum Gasteiger partial charge on any atom is -0.298 e. The summed E-state index contributed by atoms with van der Waals surface area (Å²) in [5.41, 5.74) is 1.29. The fourth-order valence-electron chi connectivity index (χ4n) is 2.99. The Bertz CT molecular complexity index is 864. The smallest absolute Gasteiger partial charge is 0.257 e. The van der Waals surface area contributed by atoms with Crippen LogP contribution in [0.25, 0.3) is 5.57 Å². The molecule has 1 saturated carbocycles. The molecule has 5 nitrogen and oxygen atoms in total. The number of nitrogens with one attached hydrogen (secondary N) is 1. The molecule has 1 aromatic heterocycles. The molecule has 1 heterocycles. The molecule has 7 heteroatoms. The van der Waals surface area contributed by atoms with E-state index in [2.05, 4.69) is 10.3 Å². The van der Waals surface area contributed by atoms with Crippen LogP contribution in [0.2, 0.25) is 0 Å². The maximum Gasteiger partial charge on any atom is 0.257 e. The molecule has 1 aliphatic carbocycles. The van der Waals surface area contributed by atoms with Crippen molar-refractivity contribution < 1.29 is 13.2 Å². The van der Waals surface area contributed by atoms with Crippen molar-refractivity contribution in [3.05, 3.63) is 47.5 Å². The second kappa shape index (κ2) is 7.49. The molecule has 1 fully saturated rings. The summed E-state index contributed by atoms with van der Waals surface area (Å²) in [5.74, 6) is 0.167. The summed E-state index contributed by atoms with van der Waals surface area (Å²) in [7, 11) is -3.26. The van der Waals surface area contributed by atoms with Crippen LogP contribution in [0.3, 0.4) is 0 Å². The number of thiazole rings is 1. The molecule has 0 atom stereocenters. The molecule has 132 valence electrons. The van der Waals surface area contributed by atoms with Gasteiger partial charge in [0, 0.05) is 23.4 Å². The topological polar surface area (TPSA) is 76.1 Å². The summed E-state index contributed by atoms with van der Waals surface area (Å²) in [4.78, 5) is 17.1. The van der Waals surface area contributed by atoms with Gasteiger partial charge in [-0.25, -0.2) is 13.4 Å². The molecule has 0 radical (unpaired) electrons. The molecular weight excluding hydrogens is 356 g/mol. The molecule has 1 amide bonds. The van der Waals surface area contributed by atoms with Gasteiger partial charge in [0.2, 0.25) is 0 Å². The van der Waals surface area contributed by atoms with Crippen LogP contribution in [-0.4, -0.2) is 25.6 Å². The zero-order chi connectivity index (χ0) is 17.9. The molecule has 25 heavy (non-hydrogen) atoms. The lowest BCUT2D eigenvalue weighted by Crippen LogP contribution is -2.14. The van der Waals surface area contributed by atoms with Crippen molar-refractivity contribution in [2.24, 2.45) is 5.92 Å². The number of hydrogen-bond donors (Lipinski definition) is 1. The molecule has 1 aromatic carbocycles. The van der Waals surface area contributed by atoms with Crippen molar-refractivity contribution >= 4 is 37.8 Å². The van der Waals surface area contributed by atoms with E-state index >= 15 is 0 Å². The minimum absolute atomic E-state index is 0.214. The number of hydrogen-bond acceptors (Lipinski definition) is 5. The van der Waals surface area contributed by atoms with E-state index in [-0.39, 0.29) is 10.8 Å². The van der Waals surface area contributed by atoms with Crippen LogP contribution in [0.5, 0.6) is 0 Å². The van der Waals surface area contributed by atoms with Gasteiger partial charge in [0.1, 0.15) is 0 Å². The molecule has 1 aliphatic rings. The van der Waals surface area contributed by atoms with Crippen molar-refractivity contribution in [1.82, 2.24) is 4.98 Å². The first-order chi connectivity index (χ1) is 11.9. The summed E-state index contributed by atoms with van der Waals surface area (Å²) < 4.78 is 23.3. The average molecular weight is 377 g/mol. The highest BCUT2D eigenvalue weighted by atomic mass is 32.2. The summed E-state index contributed by atoms with van der Waals surface area (Å²) in [6.07, 6.45) is 9.34. The van der Waals surface area contributed by atoms with Crippen LogP contribution >= 0.6 is 11.3 Å². The molecule has 1 N–H and O–H groups in total. The molecule has 0 saturated heterocycles. The SMILES string of the molecule is CS(=O)(=O)c1ccc(/C(=C\C2CCCC2)C(=O)Nc2nccs2)cc1. The number of carbonyl (C=O) groups is 1. The monoisotopic (exact) mass is 376 g/mol. The Balaban J connectivity index is 1.91. The van der Waals surface area contributed by atoms with Gasteiger partial charge in [-0.05, 0) is 36.5 Å². The van der Waals surface area contributed by atoms with E-state index in [1.807, 2.05) is 6.08 Å². The lowest BCUT2D eigenvalue weighted by atomic mass is 9.98. The maximum atomic E-state index is 12.7. The van der Waals surface area contributed by atoms with Gasteiger partial charge in [0.25, 0.3) is 5.91 Å². The molecule has 0 unspecified atom stereocenters. The van der Waals surface area contributed by atoms with Crippen molar-refractivity contribution in [1.29, 1.82) is 0 Å². The number of benzene rings is 1. The van der Waals surface area contributed by atoms with E-state index in [9.17, 15) is 13.2 Å². The molecule has 0 spiro atoms. The molecule has 0 bridgehead atoms. The second-order valence-corrected chi connectivity index (χ2v) is 9.12. The van der Waals surface area contributed by atoms with Gasteiger partial charge >= 0.3 is 0 Å². The van der Waals surface area contributed by atoms with Gasteiger partial charge in [-0.15, -0.1) is 11.3 Å². The summed E-state index contributed by atoms with van der Waals surface area (Å²) >= 11 is 1.36. The lowest BCUT2D eigenvalue weighted by Gasteiger charge is -2.11. The van der Waals surface area contributed by atoms with E-state index in [1.54, 1.807) is 35.8 Å². The molecule has 2 aromatic rings. The van der Waals surface area contributed by atoms with Gasteiger partial charge < -0.3 is 0 Å². The third-order valence-corrected chi connectivity index (χ3v) is 6.11. The Morgan fingerprint density at radius 3 is 2.48 bits per heavy atom. The Labute approximate surface area is 151 Å². The van der Waals surface area contributed by atoms with E-state index in [0.717, 1.165) is 12.8 Å². The van der Waals surface area contributed by atoms with Gasteiger partial charge in [-0.3, -0.25) is 10.1 Å². The molecular formula is C18H20N2O3S2. The minimum atomic E-state index is -3.26. The van der Waals surface area contributed by atoms with Crippen molar-refractivity contribution in [3.63, 3.8) is 0 Å². The number of anilines is 1. The number of allylic oxidation sites excluding steroid dienone is 1. The van der Waals surface area contributed by atoms with Crippen LogP contribution in [0.15, 0.2) is 46.8 Å². The first-order valence-electron chi connectivity index (χ1n) is 8.16. The van der Waals surface area contributed by atoms with E-state index in [4.69, 9.17) is 0 Å². The number of rotatable bonds is 5. The number of carbonyl (C=O) groups excluding carboxylic acids is 1. The van der Waals surface area contributed by atoms with Crippen LogP contribution in [0.4, 0.5) is 5.13 Å². The van der Waals surface area contributed by atoms with E-state index in [1.165, 1.54) is 30.4 Å². The molecule has 3 rings (SSSR count). The second-order valence-electron chi connectivity index (χ2n) is 6.21. The Morgan fingerprint density at radius 1 is 1.24 bits per heavy atom. The number of amides is 1. The average Bonchev–Trinajstić information content (AvgIpc) is 3.25. The normalized spacial score (nSPS) is 16.1. The maximum absolute atomic E-state index is 12.7. The Hall–Kier alpha value is -1.99. The van der Waals surface area contributed by atoms with E-state index < -0.39 is 9.84 Å². The zero-order valence-corrected chi connectivity index (χ0v) is 15.6. The number of sulfone groups is 1. The van der Waals surface area contributed by atoms with Gasteiger partial charge in [-0.2, -0.15) is 0 Å². The fraction of sp³-hybridized carbons (Fsp3) is 0.333. The summed E-state index contributed by atoms with van der Waals surface area (Å²) in [5, 5.41) is 5.17. The van der Waals surface area contributed by atoms with Gasteiger partial charge in [0.05, 0.1) is 4.90 Å². The summed E-state index contributed by atoms with van der Waals surface area (Å²) in [6, 6.07) is 6.48. The third-order valence-electron chi connectivity index (χ3n) is 4.29. The van der Waals surface area contributed by atoms with Crippen molar-refractivity contribution in [3.8, 4) is 0 Å². The zero-order valence-electron chi connectivity index (χ0n) is 13.9. The van der Waals surface area contributed by atoms with Crippen LogP contribution < -0.4 is 5.32 Å². The Morgan fingerprint density at radius 2 is 1.92 bits per heavy atom. The number of aromatic nitrogens is 1. The first kappa shape index (κ1) is 17.8. The fourth-order valence-corrected chi connectivity index (χ4v) is 4.15. The standard InChI is InChI=1S/C18H20N2O3S2/c1-25(22,23)15-8-6-14(7-9-15)16(12-13-4-2-3-5-13)17(21)20-18-19-10-11-24-18/h6-13H,2-5H2,1H3,(H,19,20,21)/b16-12+. The first-order valence-corrected chi connectivity index (χ1v) is 10.9. The number of nitrogens with zero attached hydrogens (tertiary/aromatic N) is 1. The van der Waals surface area contributed by atoms with E-state index in [0.29, 0.717) is 22.2 Å². The van der Waals surface area contributed by atoms with Crippen LogP contribution in [0, 0.1) is 5.92 Å². The predicted octanol–water partition coefficient (Wildman–Crippen LogP) is 3.76. The highest BCUT2D eigenvalue weighted by molar-refractivity contribution is 7.90. The largest absolute Gasteiger partial charge is 0.298 e. The molecule has 0 aliphatic heterocycles. The highest BCUT2D eigenvalue weighted by Crippen LogP contribution is 2.30. The van der Waals surface area contributed by atoms with Crippen molar-refractivity contribution in [2.75, 3.05) is 11.6 Å². The lowest BCUT2D eigenvalue weighted by molar-refractivity contribution is -0.111. The third kappa shape index (κ3) is 4.55. The van der Waals surface area contributed by atoms with Crippen LogP contribution in [-0.2, 0) is 14.6 Å². The predicted molar refractivity (Wildman–Crippen MR) is 100 cm³/mol. The van der Waals surface area contributed by atoms with Crippen molar-refractivity contribution in [2.45, 2.75) is 30.6 Å². The van der Waals surface area contributed by atoms with Gasteiger partial charge in [-0.1, -0.05) is 31.1 Å². The van der Waals surface area contributed by atoms with Crippen LogP contribution in [0.1, 0.15) is 31.2 Å². The summed E-state index contributed by atoms with van der Waals surface area (Å²) in [6.45, 7) is 0.